The summed E-state index contributed by atoms with van der Waals surface area (Å²) < 4.78 is 29.3. The second kappa shape index (κ2) is 6.54. The van der Waals surface area contributed by atoms with Crippen molar-refractivity contribution in [1.82, 2.24) is 4.98 Å². The van der Waals surface area contributed by atoms with Crippen LogP contribution in [0.2, 0.25) is 0 Å². The molecule has 10 heteroatoms. The Morgan fingerprint density at radius 3 is 2.62 bits per heavy atom. The van der Waals surface area contributed by atoms with Crippen LogP contribution in [0.15, 0.2) is 46.4 Å². The first kappa shape index (κ1) is 17.2. The van der Waals surface area contributed by atoms with Gasteiger partial charge in [-0.1, -0.05) is 0 Å². The smallest absolute Gasteiger partial charge is 0.367 e. The summed E-state index contributed by atoms with van der Waals surface area (Å²) >= 11 is 0. The molecule has 124 valence electrons. The highest BCUT2D eigenvalue weighted by molar-refractivity contribution is 7.90. The third-order valence-electron chi connectivity index (χ3n) is 2.87. The molecule has 1 aromatic carbocycles. The molecule has 24 heavy (non-hydrogen) atoms. The number of nitro groups is 1. The molecule has 0 N–H and O–H groups in total. The van der Waals surface area contributed by atoms with E-state index in [4.69, 9.17) is 4.74 Å². The molecule has 0 aliphatic rings. The van der Waals surface area contributed by atoms with Gasteiger partial charge in [-0.2, -0.15) is 0 Å². The van der Waals surface area contributed by atoms with Crippen molar-refractivity contribution in [1.29, 1.82) is 0 Å². The highest BCUT2D eigenvalue weighted by Gasteiger charge is 2.19. The molecule has 1 heterocycles. The Kier molecular flexibility index (Phi) is 4.69. The van der Waals surface area contributed by atoms with Gasteiger partial charge in [0.1, 0.15) is 22.6 Å². The minimum absolute atomic E-state index is 0.0264. The fourth-order valence-corrected chi connectivity index (χ4v) is 2.61. The Labute approximate surface area is 136 Å². The van der Waals surface area contributed by atoms with Crippen LogP contribution in [0.3, 0.4) is 0 Å². The summed E-state index contributed by atoms with van der Waals surface area (Å²) in [6.45, 7) is 3.09. The Balaban J connectivity index is 2.50. The monoisotopic (exact) mass is 349 g/mol. The van der Waals surface area contributed by atoms with Crippen LogP contribution >= 0.6 is 0 Å². The topological polar surface area (TPSA) is 129 Å². The summed E-state index contributed by atoms with van der Waals surface area (Å²) in [6.07, 6.45) is 2.10. The average Bonchev–Trinajstić information content (AvgIpc) is 2.53. The van der Waals surface area contributed by atoms with Crippen molar-refractivity contribution in [2.75, 3.05) is 6.26 Å². The molecule has 2 aromatic rings. The van der Waals surface area contributed by atoms with E-state index in [0.717, 1.165) is 24.6 Å². The van der Waals surface area contributed by atoms with Gasteiger partial charge in [-0.05, 0) is 34.8 Å². The van der Waals surface area contributed by atoms with Crippen LogP contribution in [0.25, 0.3) is 0 Å². The minimum Gasteiger partial charge on any atom is -0.456 e. The van der Waals surface area contributed by atoms with Crippen LogP contribution < -0.4 is 4.74 Å². The normalized spacial score (nSPS) is 10.9. The molecule has 0 bridgehead atoms. The Morgan fingerprint density at radius 1 is 1.33 bits per heavy atom. The lowest BCUT2D eigenvalue weighted by molar-refractivity contribution is -0.389. The van der Waals surface area contributed by atoms with E-state index in [0.29, 0.717) is 0 Å². The second-order valence-corrected chi connectivity index (χ2v) is 6.59. The van der Waals surface area contributed by atoms with Crippen LogP contribution in [-0.4, -0.2) is 37.2 Å². The van der Waals surface area contributed by atoms with E-state index in [-0.39, 0.29) is 22.0 Å². The predicted octanol–water partition coefficient (Wildman–Crippen LogP) is 2.03. The van der Waals surface area contributed by atoms with E-state index >= 15 is 0 Å². The third kappa shape index (κ3) is 3.79. The first-order chi connectivity index (χ1) is 11.2. The molecular formula is C14H11N3O6S. The number of rotatable bonds is 5. The third-order valence-corrected chi connectivity index (χ3v) is 3.98. The molecule has 1 aromatic heterocycles. The number of aliphatic imine (C=N–C) groups is 1. The Hall–Kier alpha value is -3.14. The van der Waals surface area contributed by atoms with Crippen LogP contribution in [0.4, 0.5) is 5.82 Å². The number of pyridine rings is 1. The maximum Gasteiger partial charge on any atom is 0.367 e. The molecule has 0 radical (unpaired) electrons. The zero-order chi connectivity index (χ0) is 17.9. The zero-order valence-corrected chi connectivity index (χ0v) is 13.2. The van der Waals surface area contributed by atoms with Gasteiger partial charge in [0.2, 0.25) is 0 Å². The van der Waals surface area contributed by atoms with E-state index in [9.17, 15) is 23.3 Å². The molecule has 0 unspecified atom stereocenters. The van der Waals surface area contributed by atoms with Gasteiger partial charge in [-0.15, -0.1) is 0 Å². The molecule has 9 nitrogen and oxygen atoms in total. The van der Waals surface area contributed by atoms with Crippen molar-refractivity contribution < 1.29 is 22.9 Å². The number of hydrogen-bond acceptors (Lipinski definition) is 7. The van der Waals surface area contributed by atoms with Crippen molar-refractivity contribution in [2.45, 2.75) is 4.90 Å². The van der Waals surface area contributed by atoms with Gasteiger partial charge < -0.3 is 14.9 Å². The quantitative estimate of drug-likeness (QED) is 0.458. The molecule has 0 aliphatic carbocycles. The average molecular weight is 349 g/mol. The number of hydrogen-bond donors (Lipinski definition) is 0. The van der Waals surface area contributed by atoms with Crippen molar-refractivity contribution in [3.63, 3.8) is 0 Å². The first-order valence-electron chi connectivity index (χ1n) is 6.36. The molecule has 1 amide bonds. The lowest BCUT2D eigenvalue weighted by atomic mass is 10.2. The van der Waals surface area contributed by atoms with Gasteiger partial charge in [0.05, 0.1) is 6.07 Å². The van der Waals surface area contributed by atoms with Crippen molar-refractivity contribution >= 4 is 28.3 Å². The summed E-state index contributed by atoms with van der Waals surface area (Å²) in [4.78, 5) is 28.1. The van der Waals surface area contributed by atoms with Crippen LogP contribution in [0.1, 0.15) is 10.4 Å². The summed E-state index contributed by atoms with van der Waals surface area (Å²) in [7, 11) is -3.73. The largest absolute Gasteiger partial charge is 0.456 e. The van der Waals surface area contributed by atoms with Crippen LogP contribution in [0.5, 0.6) is 11.5 Å². The molecule has 0 spiro atoms. The summed E-state index contributed by atoms with van der Waals surface area (Å²) in [5, 5.41) is 10.7. The Morgan fingerprint density at radius 2 is 2.04 bits per heavy atom. The van der Waals surface area contributed by atoms with Gasteiger partial charge in [-0.3, -0.25) is 4.79 Å². The van der Waals surface area contributed by atoms with E-state index in [1.807, 2.05) is 0 Å². The number of sulfone groups is 1. The van der Waals surface area contributed by atoms with Gasteiger partial charge in [0, 0.05) is 17.9 Å². The van der Waals surface area contributed by atoms with Crippen molar-refractivity contribution in [2.24, 2.45) is 4.99 Å². The van der Waals surface area contributed by atoms with E-state index in [1.54, 1.807) is 0 Å². The predicted molar refractivity (Wildman–Crippen MR) is 84.4 cm³/mol. The van der Waals surface area contributed by atoms with Crippen molar-refractivity contribution in [3.8, 4) is 11.5 Å². The van der Waals surface area contributed by atoms with Gasteiger partial charge in [0.15, 0.2) is 9.84 Å². The maximum atomic E-state index is 11.9. The maximum absolute atomic E-state index is 11.9. The molecule has 0 saturated heterocycles. The summed E-state index contributed by atoms with van der Waals surface area (Å²) in [5.74, 6) is -1.19. The number of aromatic nitrogens is 1. The number of carbonyl (C=O) groups is 1. The van der Waals surface area contributed by atoms with Crippen LogP contribution in [-0.2, 0) is 9.84 Å². The molecule has 2 rings (SSSR count). The second-order valence-electron chi connectivity index (χ2n) is 4.61. The lowest BCUT2D eigenvalue weighted by Gasteiger charge is -2.10. The fraction of sp³-hybridized carbons (Fsp3) is 0.0714. The highest BCUT2D eigenvalue weighted by atomic mass is 32.2. The zero-order valence-electron chi connectivity index (χ0n) is 12.4. The number of ether oxygens (including phenoxy) is 1. The van der Waals surface area contributed by atoms with E-state index in [1.165, 1.54) is 18.2 Å². The van der Waals surface area contributed by atoms with Crippen molar-refractivity contribution in [3.05, 3.63) is 52.2 Å². The SMILES string of the molecule is C=NC(=O)c1ccc(Oc2ccnc([N+](=O)[O-])c2)c(S(C)(=O)=O)c1. The number of amides is 1. The molecule has 0 aliphatic heterocycles. The summed E-state index contributed by atoms with van der Waals surface area (Å²) in [6, 6.07) is 6.08. The molecule has 0 atom stereocenters. The van der Waals surface area contributed by atoms with Crippen LogP contribution in [0, 0.1) is 10.1 Å². The number of carbonyl (C=O) groups excluding carboxylic acids is 1. The number of nitrogens with zero attached hydrogens (tertiary/aromatic N) is 3. The lowest BCUT2D eigenvalue weighted by Crippen LogP contribution is -2.04. The fourth-order valence-electron chi connectivity index (χ4n) is 1.80. The van der Waals surface area contributed by atoms with Gasteiger partial charge in [0.25, 0.3) is 5.91 Å². The molecule has 0 saturated carbocycles. The Bertz CT molecular complexity index is 939. The molecule has 0 fully saturated rings. The van der Waals surface area contributed by atoms with Gasteiger partial charge in [-0.25, -0.2) is 13.4 Å². The highest BCUT2D eigenvalue weighted by Crippen LogP contribution is 2.31. The van der Waals surface area contributed by atoms with E-state index < -0.39 is 26.5 Å². The molecular weight excluding hydrogens is 338 g/mol. The standard InChI is InChI=1S/C14H11N3O6S/c1-15-14(18)9-3-4-11(12(7-9)24(2,21)22)23-10-5-6-16-13(8-10)17(19)20/h3-8H,1H2,2H3. The minimum atomic E-state index is -3.73. The van der Waals surface area contributed by atoms with E-state index in [2.05, 4.69) is 16.7 Å². The first-order valence-corrected chi connectivity index (χ1v) is 8.25. The van der Waals surface area contributed by atoms with Gasteiger partial charge >= 0.3 is 5.82 Å². The number of benzene rings is 1. The summed E-state index contributed by atoms with van der Waals surface area (Å²) in [5.41, 5.74) is 0.0264.